The van der Waals surface area contributed by atoms with E-state index >= 15 is 0 Å². The number of para-hydroxylation sites is 1. The summed E-state index contributed by atoms with van der Waals surface area (Å²) in [6.07, 6.45) is 4.06. The van der Waals surface area contributed by atoms with Crippen LogP contribution in [0, 0.1) is 0 Å². The van der Waals surface area contributed by atoms with Gasteiger partial charge in [-0.25, -0.2) is 9.97 Å². The first kappa shape index (κ1) is 16.3. The van der Waals surface area contributed by atoms with Crippen molar-refractivity contribution >= 4 is 38.5 Å². The third-order valence-electron chi connectivity index (χ3n) is 4.22. The average molecular weight is 399 g/mol. The number of hydrogen-bond donors (Lipinski definition) is 2. The molecule has 1 fully saturated rings. The lowest BCUT2D eigenvalue weighted by Gasteiger charge is -2.24. The summed E-state index contributed by atoms with van der Waals surface area (Å²) in [5.41, 5.74) is 1.79. The summed E-state index contributed by atoms with van der Waals surface area (Å²) in [5, 5.41) is 7.56. The van der Waals surface area contributed by atoms with Gasteiger partial charge in [-0.3, -0.25) is 0 Å². The van der Waals surface area contributed by atoms with Crippen molar-refractivity contribution in [2.75, 3.05) is 18.4 Å². The van der Waals surface area contributed by atoms with Gasteiger partial charge in [-0.1, -0.05) is 34.1 Å². The van der Waals surface area contributed by atoms with E-state index in [2.05, 4.69) is 31.5 Å². The van der Waals surface area contributed by atoms with Gasteiger partial charge in [0.15, 0.2) is 0 Å². The van der Waals surface area contributed by atoms with Crippen molar-refractivity contribution < 1.29 is 4.74 Å². The van der Waals surface area contributed by atoms with Crippen LogP contribution in [0.1, 0.15) is 12.8 Å². The molecule has 0 unspecified atom stereocenters. The summed E-state index contributed by atoms with van der Waals surface area (Å²) < 4.78 is 7.24. The van der Waals surface area contributed by atoms with Crippen LogP contribution in [-0.4, -0.2) is 29.2 Å². The smallest absolute Gasteiger partial charge is 0.227 e. The highest BCUT2D eigenvalue weighted by molar-refractivity contribution is 9.10. The molecule has 0 bridgehead atoms. The molecule has 0 amide bonds. The Labute approximate surface area is 155 Å². The number of anilines is 2. The van der Waals surface area contributed by atoms with Crippen LogP contribution in [0.15, 0.2) is 53.1 Å². The molecule has 3 aromatic rings. The largest absolute Gasteiger partial charge is 0.488 e. The maximum absolute atomic E-state index is 6.27. The lowest BCUT2D eigenvalue weighted by Crippen LogP contribution is -2.34. The molecule has 6 heteroatoms. The number of ether oxygens (including phenoxy) is 1. The van der Waals surface area contributed by atoms with Crippen LogP contribution in [0.5, 0.6) is 5.75 Å². The predicted octanol–water partition coefficient (Wildman–Crippen LogP) is 4.27. The van der Waals surface area contributed by atoms with Crippen LogP contribution in [0.2, 0.25) is 0 Å². The van der Waals surface area contributed by atoms with E-state index in [4.69, 9.17) is 9.72 Å². The number of nitrogens with one attached hydrogen (secondary N) is 2. The zero-order chi connectivity index (χ0) is 17.1. The molecule has 1 aromatic heterocycles. The Morgan fingerprint density at radius 3 is 2.72 bits per heavy atom. The second-order valence-corrected chi connectivity index (χ2v) is 7.01. The number of halogens is 1. The minimum atomic E-state index is 0.222. The van der Waals surface area contributed by atoms with Crippen molar-refractivity contribution in [2.45, 2.75) is 18.9 Å². The van der Waals surface area contributed by atoms with Crippen LogP contribution in [0.4, 0.5) is 11.6 Å². The molecule has 1 saturated heterocycles. The third kappa shape index (κ3) is 3.91. The standard InChI is InChI=1S/C19H19BrN4O/c20-14-10-13-12-22-19(23-15-4-2-1-3-5-15)24-18(13)17(11-14)25-16-6-8-21-9-7-16/h1-5,10-12,16,21H,6-9H2,(H,22,23,24). The maximum Gasteiger partial charge on any atom is 0.227 e. The van der Waals surface area contributed by atoms with Crippen LogP contribution < -0.4 is 15.4 Å². The van der Waals surface area contributed by atoms with E-state index in [1.807, 2.05) is 48.7 Å². The topological polar surface area (TPSA) is 59.1 Å². The van der Waals surface area contributed by atoms with Crippen molar-refractivity contribution in [3.05, 3.63) is 53.1 Å². The Kier molecular flexibility index (Phi) is 4.81. The molecule has 0 spiro atoms. The number of piperidine rings is 1. The minimum absolute atomic E-state index is 0.222. The average Bonchev–Trinajstić information content (AvgIpc) is 2.64. The number of hydrogen-bond acceptors (Lipinski definition) is 5. The van der Waals surface area contributed by atoms with Crippen molar-refractivity contribution in [1.29, 1.82) is 0 Å². The molecule has 2 aromatic carbocycles. The van der Waals surface area contributed by atoms with Gasteiger partial charge in [0.2, 0.25) is 5.95 Å². The molecular weight excluding hydrogens is 380 g/mol. The van der Waals surface area contributed by atoms with Gasteiger partial charge in [0, 0.05) is 21.7 Å². The van der Waals surface area contributed by atoms with E-state index in [-0.39, 0.29) is 6.10 Å². The van der Waals surface area contributed by atoms with Gasteiger partial charge >= 0.3 is 0 Å². The normalized spacial score (nSPS) is 15.2. The number of fused-ring (bicyclic) bond motifs is 1. The van der Waals surface area contributed by atoms with E-state index in [1.54, 1.807) is 0 Å². The van der Waals surface area contributed by atoms with Crippen LogP contribution in [0.25, 0.3) is 10.9 Å². The van der Waals surface area contributed by atoms with Crippen LogP contribution in [-0.2, 0) is 0 Å². The molecule has 0 aliphatic carbocycles. The van der Waals surface area contributed by atoms with Crippen molar-refractivity contribution in [1.82, 2.24) is 15.3 Å². The highest BCUT2D eigenvalue weighted by atomic mass is 79.9. The number of nitrogens with zero attached hydrogens (tertiary/aromatic N) is 2. The van der Waals surface area contributed by atoms with Crippen molar-refractivity contribution in [2.24, 2.45) is 0 Å². The van der Waals surface area contributed by atoms with Gasteiger partial charge in [-0.2, -0.15) is 0 Å². The molecule has 2 N–H and O–H groups in total. The van der Waals surface area contributed by atoms with E-state index in [0.717, 1.165) is 52.7 Å². The van der Waals surface area contributed by atoms with Crippen LogP contribution in [0.3, 0.4) is 0 Å². The second kappa shape index (κ2) is 7.37. The lowest BCUT2D eigenvalue weighted by molar-refractivity contribution is 0.164. The summed E-state index contributed by atoms with van der Waals surface area (Å²) in [5.74, 6) is 1.37. The highest BCUT2D eigenvalue weighted by Gasteiger charge is 2.17. The lowest BCUT2D eigenvalue weighted by atomic mass is 10.1. The number of rotatable bonds is 4. The monoisotopic (exact) mass is 398 g/mol. The maximum atomic E-state index is 6.27. The van der Waals surface area contributed by atoms with Gasteiger partial charge in [0.1, 0.15) is 17.4 Å². The Hall–Kier alpha value is -2.18. The van der Waals surface area contributed by atoms with Gasteiger partial charge < -0.3 is 15.4 Å². The zero-order valence-corrected chi connectivity index (χ0v) is 15.3. The summed E-state index contributed by atoms with van der Waals surface area (Å²) in [6, 6.07) is 13.9. The summed E-state index contributed by atoms with van der Waals surface area (Å²) >= 11 is 3.56. The van der Waals surface area contributed by atoms with Gasteiger partial charge in [0.25, 0.3) is 0 Å². The Morgan fingerprint density at radius 2 is 1.92 bits per heavy atom. The predicted molar refractivity (Wildman–Crippen MR) is 103 cm³/mol. The quantitative estimate of drug-likeness (QED) is 0.687. The summed E-state index contributed by atoms with van der Waals surface area (Å²) in [4.78, 5) is 9.12. The minimum Gasteiger partial charge on any atom is -0.488 e. The van der Waals surface area contributed by atoms with Gasteiger partial charge in [-0.15, -0.1) is 0 Å². The summed E-state index contributed by atoms with van der Waals surface area (Å²) in [7, 11) is 0. The molecule has 4 rings (SSSR count). The first-order valence-electron chi connectivity index (χ1n) is 8.44. The molecule has 0 atom stereocenters. The van der Waals surface area contributed by atoms with Crippen LogP contribution >= 0.6 is 15.9 Å². The number of benzene rings is 2. The van der Waals surface area contributed by atoms with Crippen molar-refractivity contribution in [3.8, 4) is 5.75 Å². The fraction of sp³-hybridized carbons (Fsp3) is 0.263. The molecule has 2 heterocycles. The molecule has 0 saturated carbocycles. The SMILES string of the molecule is Brc1cc(OC2CCNCC2)c2nc(Nc3ccccc3)ncc2c1. The number of aromatic nitrogens is 2. The van der Waals surface area contributed by atoms with E-state index in [9.17, 15) is 0 Å². The first-order chi connectivity index (χ1) is 12.3. The third-order valence-corrected chi connectivity index (χ3v) is 4.68. The molecule has 128 valence electrons. The van der Waals surface area contributed by atoms with Crippen molar-refractivity contribution in [3.63, 3.8) is 0 Å². The van der Waals surface area contributed by atoms with Gasteiger partial charge in [0.05, 0.1) is 0 Å². The molecule has 1 aliphatic rings. The van der Waals surface area contributed by atoms with Gasteiger partial charge in [-0.05, 0) is 50.2 Å². The molecule has 1 aliphatic heterocycles. The van der Waals surface area contributed by atoms with E-state index in [0.29, 0.717) is 5.95 Å². The first-order valence-corrected chi connectivity index (χ1v) is 9.23. The Bertz CT molecular complexity index is 866. The fourth-order valence-electron chi connectivity index (χ4n) is 2.97. The molecular formula is C19H19BrN4O. The highest BCUT2D eigenvalue weighted by Crippen LogP contribution is 2.31. The summed E-state index contributed by atoms with van der Waals surface area (Å²) in [6.45, 7) is 1.98. The Balaban J connectivity index is 1.67. The fourth-order valence-corrected chi connectivity index (χ4v) is 3.43. The Morgan fingerprint density at radius 1 is 1.12 bits per heavy atom. The second-order valence-electron chi connectivity index (χ2n) is 6.09. The van der Waals surface area contributed by atoms with E-state index < -0.39 is 0 Å². The molecule has 0 radical (unpaired) electrons. The molecule has 25 heavy (non-hydrogen) atoms. The molecule has 5 nitrogen and oxygen atoms in total. The zero-order valence-electron chi connectivity index (χ0n) is 13.7. The van der Waals surface area contributed by atoms with E-state index in [1.165, 1.54) is 0 Å².